The van der Waals surface area contributed by atoms with Crippen LogP contribution in [0.5, 0.6) is 0 Å². The largest absolute Gasteiger partial charge is 0.369 e. The zero-order valence-corrected chi connectivity index (χ0v) is 14.8. The Kier molecular flexibility index (Phi) is 5.43. The van der Waals surface area contributed by atoms with Crippen molar-refractivity contribution in [1.82, 2.24) is 5.32 Å². The Hall–Kier alpha value is -1.09. The number of halogens is 1. The van der Waals surface area contributed by atoms with E-state index in [0.29, 0.717) is 12.2 Å². The first-order valence-corrected chi connectivity index (χ1v) is 7.68. The van der Waals surface area contributed by atoms with Crippen LogP contribution < -0.4 is 10.2 Å². The molecule has 0 spiro atoms. The third kappa shape index (κ3) is 5.31. The Morgan fingerprint density at radius 1 is 1.14 bits per heavy atom. The van der Waals surface area contributed by atoms with Crippen molar-refractivity contribution in [2.75, 3.05) is 11.9 Å². The molecule has 0 saturated heterocycles. The van der Waals surface area contributed by atoms with Gasteiger partial charge in [0.1, 0.15) is 5.82 Å². The molecule has 0 radical (unpaired) electrons. The van der Waals surface area contributed by atoms with Crippen LogP contribution in [-0.4, -0.2) is 18.6 Å². The van der Waals surface area contributed by atoms with Gasteiger partial charge in [-0.15, -0.1) is 0 Å². The summed E-state index contributed by atoms with van der Waals surface area (Å²) in [4.78, 5) is 2.02. The Morgan fingerprint density at radius 3 is 2.14 bits per heavy atom. The Morgan fingerprint density at radius 2 is 1.71 bits per heavy atom. The molecule has 2 nitrogen and oxygen atoms in total. The summed E-state index contributed by atoms with van der Waals surface area (Å²) in [5.74, 6) is -0.151. The molecule has 0 bridgehead atoms. The third-order valence-corrected chi connectivity index (χ3v) is 4.05. The highest BCUT2D eigenvalue weighted by Gasteiger charge is 2.25. The third-order valence-electron chi connectivity index (χ3n) is 4.05. The van der Waals surface area contributed by atoms with Gasteiger partial charge in [-0.3, -0.25) is 0 Å². The van der Waals surface area contributed by atoms with Crippen molar-refractivity contribution in [3.05, 3.63) is 29.6 Å². The number of anilines is 1. The lowest BCUT2D eigenvalue weighted by molar-refractivity contribution is 0.328. The molecule has 0 aromatic heterocycles. The van der Waals surface area contributed by atoms with E-state index in [1.807, 2.05) is 24.1 Å². The summed E-state index contributed by atoms with van der Waals surface area (Å²) in [7, 11) is 1.96. The summed E-state index contributed by atoms with van der Waals surface area (Å²) in [6.45, 7) is 15.7. The number of benzene rings is 1. The average Bonchev–Trinajstić information content (AvgIpc) is 2.32. The van der Waals surface area contributed by atoms with Gasteiger partial charge in [0, 0.05) is 25.2 Å². The molecule has 120 valence electrons. The maximum atomic E-state index is 14.4. The van der Waals surface area contributed by atoms with Crippen LogP contribution in [0.4, 0.5) is 10.1 Å². The SMILES string of the molecule is CC(N(C)c1ccc(CNC(C)(C)C)cc1F)C(C)(C)C. The summed E-state index contributed by atoms with van der Waals surface area (Å²) in [6.07, 6.45) is 0. The molecule has 0 amide bonds. The maximum Gasteiger partial charge on any atom is 0.146 e. The summed E-state index contributed by atoms with van der Waals surface area (Å²) < 4.78 is 14.4. The Labute approximate surface area is 129 Å². The molecule has 1 aromatic carbocycles. The van der Waals surface area contributed by atoms with Gasteiger partial charge in [-0.2, -0.15) is 0 Å². The molecule has 0 saturated carbocycles. The van der Waals surface area contributed by atoms with Crippen LogP contribution in [0.3, 0.4) is 0 Å². The normalized spacial score (nSPS) is 14.1. The first kappa shape index (κ1) is 18.0. The molecular formula is C18H31FN2. The summed E-state index contributed by atoms with van der Waals surface area (Å²) in [5, 5.41) is 3.38. The fourth-order valence-electron chi connectivity index (χ4n) is 2.10. The molecule has 0 heterocycles. The highest BCUT2D eigenvalue weighted by atomic mass is 19.1. The summed E-state index contributed by atoms with van der Waals surface area (Å²) in [5.41, 5.74) is 1.78. The summed E-state index contributed by atoms with van der Waals surface area (Å²) >= 11 is 0. The molecule has 21 heavy (non-hydrogen) atoms. The predicted molar refractivity (Wildman–Crippen MR) is 90.3 cm³/mol. The minimum absolute atomic E-state index is 0.0344. The first-order valence-electron chi connectivity index (χ1n) is 7.68. The lowest BCUT2D eigenvalue weighted by Crippen LogP contribution is -2.39. The van der Waals surface area contributed by atoms with Crippen LogP contribution >= 0.6 is 0 Å². The van der Waals surface area contributed by atoms with Crippen molar-refractivity contribution in [2.45, 2.75) is 66.6 Å². The van der Waals surface area contributed by atoms with Gasteiger partial charge in [0.15, 0.2) is 0 Å². The number of nitrogens with zero attached hydrogens (tertiary/aromatic N) is 1. The average molecular weight is 294 g/mol. The van der Waals surface area contributed by atoms with Crippen LogP contribution in [-0.2, 0) is 6.54 Å². The first-order chi connectivity index (χ1) is 9.42. The van der Waals surface area contributed by atoms with Crippen LogP contribution in [0.2, 0.25) is 0 Å². The van der Waals surface area contributed by atoms with E-state index in [-0.39, 0.29) is 22.8 Å². The molecule has 0 aliphatic carbocycles. The van der Waals surface area contributed by atoms with E-state index in [0.717, 1.165) is 5.56 Å². The van der Waals surface area contributed by atoms with Crippen molar-refractivity contribution in [3.63, 3.8) is 0 Å². The predicted octanol–water partition coefficient (Wildman–Crippen LogP) is 4.58. The van der Waals surface area contributed by atoms with E-state index < -0.39 is 0 Å². The van der Waals surface area contributed by atoms with Crippen molar-refractivity contribution < 1.29 is 4.39 Å². The smallest absolute Gasteiger partial charge is 0.146 e. The molecule has 1 N–H and O–H groups in total. The zero-order chi connectivity index (χ0) is 16.4. The zero-order valence-electron chi connectivity index (χ0n) is 14.8. The molecule has 0 aliphatic heterocycles. The summed E-state index contributed by atoms with van der Waals surface area (Å²) in [6, 6.07) is 5.78. The minimum atomic E-state index is -0.151. The van der Waals surface area contributed by atoms with E-state index in [2.05, 4.69) is 53.8 Å². The van der Waals surface area contributed by atoms with E-state index in [4.69, 9.17) is 0 Å². The van der Waals surface area contributed by atoms with Crippen molar-refractivity contribution in [1.29, 1.82) is 0 Å². The topological polar surface area (TPSA) is 15.3 Å². The number of nitrogens with one attached hydrogen (secondary N) is 1. The number of hydrogen-bond donors (Lipinski definition) is 1. The van der Waals surface area contributed by atoms with Crippen molar-refractivity contribution in [3.8, 4) is 0 Å². The van der Waals surface area contributed by atoms with E-state index >= 15 is 0 Å². The fraction of sp³-hybridized carbons (Fsp3) is 0.667. The standard InChI is InChI=1S/C18H31FN2/c1-13(17(2,3)4)21(8)16-10-9-14(11-15(16)19)12-20-18(5,6)7/h9-11,13,20H,12H2,1-8H3. The second-order valence-corrected chi connectivity index (χ2v) is 8.04. The van der Waals surface area contributed by atoms with Gasteiger partial charge in [0.25, 0.3) is 0 Å². The lowest BCUT2D eigenvalue weighted by atomic mass is 9.87. The van der Waals surface area contributed by atoms with Gasteiger partial charge in [-0.25, -0.2) is 4.39 Å². The quantitative estimate of drug-likeness (QED) is 0.874. The Bertz CT molecular complexity index is 469. The minimum Gasteiger partial charge on any atom is -0.369 e. The van der Waals surface area contributed by atoms with E-state index in [9.17, 15) is 4.39 Å². The fourth-order valence-corrected chi connectivity index (χ4v) is 2.10. The van der Waals surface area contributed by atoms with E-state index in [1.165, 1.54) is 0 Å². The second-order valence-electron chi connectivity index (χ2n) is 8.04. The van der Waals surface area contributed by atoms with E-state index in [1.54, 1.807) is 6.07 Å². The highest BCUT2D eigenvalue weighted by Crippen LogP contribution is 2.29. The van der Waals surface area contributed by atoms with Crippen molar-refractivity contribution in [2.24, 2.45) is 5.41 Å². The van der Waals surface area contributed by atoms with Gasteiger partial charge in [0.2, 0.25) is 0 Å². The van der Waals surface area contributed by atoms with Crippen LogP contribution in [0.25, 0.3) is 0 Å². The lowest BCUT2D eigenvalue weighted by Gasteiger charge is -2.37. The molecule has 1 unspecified atom stereocenters. The van der Waals surface area contributed by atoms with Gasteiger partial charge < -0.3 is 10.2 Å². The molecule has 1 rings (SSSR count). The van der Waals surface area contributed by atoms with Crippen LogP contribution in [0.1, 0.15) is 54.0 Å². The van der Waals surface area contributed by atoms with Gasteiger partial charge in [0.05, 0.1) is 5.69 Å². The Balaban J connectivity index is 2.88. The molecule has 0 fully saturated rings. The van der Waals surface area contributed by atoms with Gasteiger partial charge >= 0.3 is 0 Å². The molecule has 1 atom stereocenters. The monoisotopic (exact) mass is 294 g/mol. The molecule has 1 aromatic rings. The second kappa shape index (κ2) is 6.35. The molecule has 3 heteroatoms. The van der Waals surface area contributed by atoms with Gasteiger partial charge in [-0.05, 0) is 50.8 Å². The number of rotatable bonds is 4. The number of hydrogen-bond acceptors (Lipinski definition) is 2. The maximum absolute atomic E-state index is 14.4. The van der Waals surface area contributed by atoms with Crippen molar-refractivity contribution >= 4 is 5.69 Å². The highest BCUT2D eigenvalue weighted by molar-refractivity contribution is 5.49. The van der Waals surface area contributed by atoms with Gasteiger partial charge in [-0.1, -0.05) is 26.8 Å². The van der Waals surface area contributed by atoms with Crippen LogP contribution in [0, 0.1) is 11.2 Å². The molecule has 0 aliphatic rings. The van der Waals surface area contributed by atoms with Crippen LogP contribution in [0.15, 0.2) is 18.2 Å². The molecular weight excluding hydrogens is 263 g/mol.